The second kappa shape index (κ2) is 13.2. The van der Waals surface area contributed by atoms with Gasteiger partial charge in [-0.15, -0.1) is 21.5 Å². The molecular formula is C25H23Cl3N6O4S2. The van der Waals surface area contributed by atoms with E-state index in [0.29, 0.717) is 36.9 Å². The smallest absolute Gasteiger partial charge is 0.251 e. The maximum absolute atomic E-state index is 13.0. The van der Waals surface area contributed by atoms with Gasteiger partial charge in [0.2, 0.25) is 0 Å². The van der Waals surface area contributed by atoms with Crippen LogP contribution in [0, 0.1) is 0 Å². The van der Waals surface area contributed by atoms with Crippen LogP contribution in [0.5, 0.6) is 0 Å². The summed E-state index contributed by atoms with van der Waals surface area (Å²) in [6.45, 7) is 1.55. The third kappa shape index (κ3) is 7.65. The van der Waals surface area contributed by atoms with E-state index in [4.69, 9.17) is 34.8 Å². The van der Waals surface area contributed by atoms with E-state index in [2.05, 4.69) is 25.4 Å². The van der Waals surface area contributed by atoms with E-state index in [1.54, 1.807) is 55.5 Å². The maximum atomic E-state index is 13.0. The van der Waals surface area contributed by atoms with E-state index in [0.717, 1.165) is 16.1 Å². The number of carbonyl (C=O) groups is 2. The Morgan fingerprint density at radius 2 is 1.73 bits per heavy atom. The number of hydrogen-bond donors (Lipinski definition) is 2. The molecular weight excluding hydrogens is 619 g/mol. The number of benzene rings is 2. The highest BCUT2D eigenvalue weighted by Crippen LogP contribution is 2.26. The van der Waals surface area contributed by atoms with E-state index in [9.17, 15) is 18.0 Å². The minimum atomic E-state index is -4.00. The quantitative estimate of drug-likeness (QED) is 0.232. The van der Waals surface area contributed by atoms with Crippen molar-refractivity contribution in [2.75, 3.05) is 0 Å². The Balaban J connectivity index is 1.35. The molecule has 0 saturated carbocycles. The van der Waals surface area contributed by atoms with Gasteiger partial charge in [0, 0.05) is 31.9 Å². The number of nitrogens with one attached hydrogen (secondary N) is 2. The standard InChI is InChI=1S/C25H23Cl3N6O4S2/c1-2-21(22(35)14-34-31-23(30-33-34)12-18-19(27)4-3-5-20(18)28)32-40(37,38)24-11-10-17(39-24)13-29-25(36)15-6-8-16(26)9-7-15/h3-11,21,32H,2,12-14H2,1H3,(H,29,36). The number of halogens is 3. The molecule has 0 aliphatic heterocycles. The van der Waals surface area contributed by atoms with Crippen molar-refractivity contribution in [1.29, 1.82) is 0 Å². The Hall–Kier alpha value is -2.87. The predicted octanol–water partition coefficient (Wildman–Crippen LogP) is 4.54. The van der Waals surface area contributed by atoms with Crippen molar-refractivity contribution in [3.63, 3.8) is 0 Å². The number of aromatic nitrogens is 4. The fourth-order valence-corrected chi connectivity index (χ4v) is 6.89. The lowest BCUT2D eigenvalue weighted by Crippen LogP contribution is -2.41. The highest BCUT2D eigenvalue weighted by molar-refractivity contribution is 7.91. The number of tetrazole rings is 1. The molecule has 1 unspecified atom stereocenters. The van der Waals surface area contributed by atoms with Gasteiger partial charge in [-0.05, 0) is 65.7 Å². The Labute approximate surface area is 249 Å². The highest BCUT2D eigenvalue weighted by atomic mass is 35.5. The average Bonchev–Trinajstić information content (AvgIpc) is 3.58. The van der Waals surface area contributed by atoms with Gasteiger partial charge in [-0.25, -0.2) is 8.42 Å². The monoisotopic (exact) mass is 640 g/mol. The van der Waals surface area contributed by atoms with Crippen LogP contribution in [0.1, 0.15) is 40.0 Å². The first-order valence-electron chi connectivity index (χ1n) is 11.9. The summed E-state index contributed by atoms with van der Waals surface area (Å²) in [5, 5.41) is 16.2. The Bertz CT molecular complexity index is 1600. The fourth-order valence-electron chi connectivity index (χ4n) is 3.61. The number of nitrogens with zero attached hydrogens (tertiary/aromatic N) is 4. The molecule has 0 fully saturated rings. The SMILES string of the molecule is CCC(NS(=O)(=O)c1ccc(CNC(=O)c2ccc(Cl)cc2)s1)C(=O)Cn1nnc(Cc2c(Cl)cccc2Cl)n1. The van der Waals surface area contributed by atoms with Crippen LogP contribution in [0.25, 0.3) is 0 Å². The van der Waals surface area contributed by atoms with Crippen LogP contribution in [0.15, 0.2) is 58.8 Å². The molecule has 0 spiro atoms. The second-order valence-electron chi connectivity index (χ2n) is 8.57. The molecule has 2 aromatic heterocycles. The number of rotatable bonds is 12. The summed E-state index contributed by atoms with van der Waals surface area (Å²) in [7, 11) is -4.00. The van der Waals surface area contributed by atoms with Crippen LogP contribution in [0.4, 0.5) is 0 Å². The van der Waals surface area contributed by atoms with Gasteiger partial charge in [0.15, 0.2) is 11.6 Å². The van der Waals surface area contributed by atoms with Crippen molar-refractivity contribution < 1.29 is 18.0 Å². The van der Waals surface area contributed by atoms with E-state index in [1.807, 2.05) is 0 Å². The molecule has 0 aliphatic carbocycles. The van der Waals surface area contributed by atoms with E-state index in [-0.39, 0.29) is 36.0 Å². The Morgan fingerprint density at radius 3 is 2.40 bits per heavy atom. The van der Waals surface area contributed by atoms with E-state index < -0.39 is 21.8 Å². The van der Waals surface area contributed by atoms with Gasteiger partial charge in [0.25, 0.3) is 15.9 Å². The highest BCUT2D eigenvalue weighted by Gasteiger charge is 2.26. The largest absolute Gasteiger partial charge is 0.347 e. The molecule has 10 nitrogen and oxygen atoms in total. The number of thiophene rings is 1. The van der Waals surface area contributed by atoms with E-state index in [1.165, 1.54) is 6.07 Å². The summed E-state index contributed by atoms with van der Waals surface area (Å²) in [4.78, 5) is 27.0. The summed E-state index contributed by atoms with van der Waals surface area (Å²) < 4.78 is 28.5. The van der Waals surface area contributed by atoms with E-state index >= 15 is 0 Å². The molecule has 4 rings (SSSR count). The zero-order valence-corrected chi connectivity index (χ0v) is 24.9. The van der Waals surface area contributed by atoms with Gasteiger partial charge in [0.05, 0.1) is 12.6 Å². The lowest BCUT2D eigenvalue weighted by molar-refractivity contribution is -0.121. The van der Waals surface area contributed by atoms with Crippen molar-refractivity contribution in [2.45, 2.75) is 43.1 Å². The molecule has 40 heavy (non-hydrogen) atoms. The molecule has 1 atom stereocenters. The summed E-state index contributed by atoms with van der Waals surface area (Å²) >= 11 is 19.2. The molecule has 0 aliphatic rings. The first-order valence-corrected chi connectivity index (χ1v) is 15.4. The molecule has 210 valence electrons. The third-order valence-corrected chi connectivity index (χ3v) is 9.72. The molecule has 15 heteroatoms. The zero-order chi connectivity index (χ0) is 28.9. The molecule has 2 heterocycles. The van der Waals surface area contributed by atoms with Crippen molar-refractivity contribution in [3.05, 3.63) is 91.5 Å². The zero-order valence-electron chi connectivity index (χ0n) is 21.0. The predicted molar refractivity (Wildman–Crippen MR) is 153 cm³/mol. The lowest BCUT2D eigenvalue weighted by Gasteiger charge is -2.14. The lowest BCUT2D eigenvalue weighted by atomic mass is 10.1. The molecule has 4 aromatic rings. The molecule has 0 radical (unpaired) electrons. The number of sulfonamides is 1. The van der Waals surface area contributed by atoms with Crippen LogP contribution in [-0.2, 0) is 34.3 Å². The van der Waals surface area contributed by atoms with Gasteiger partial charge >= 0.3 is 0 Å². The number of ketones is 1. The molecule has 2 N–H and O–H groups in total. The summed E-state index contributed by atoms with van der Waals surface area (Å²) in [6.07, 6.45) is 0.432. The average molecular weight is 642 g/mol. The van der Waals surface area contributed by atoms with Crippen LogP contribution in [0.2, 0.25) is 15.1 Å². The van der Waals surface area contributed by atoms with Crippen molar-refractivity contribution in [3.8, 4) is 0 Å². The first-order chi connectivity index (χ1) is 19.1. The van der Waals surface area contributed by atoms with Gasteiger partial charge in [0.1, 0.15) is 10.8 Å². The van der Waals surface area contributed by atoms with Gasteiger partial charge in [-0.1, -0.05) is 47.8 Å². The molecule has 0 saturated heterocycles. The number of amides is 1. The van der Waals surface area contributed by atoms with Crippen LogP contribution >= 0.6 is 46.1 Å². The Kier molecular flexibility index (Phi) is 9.93. The van der Waals surface area contributed by atoms with Crippen LogP contribution in [-0.4, -0.2) is 46.4 Å². The van der Waals surface area contributed by atoms with Gasteiger partial charge < -0.3 is 5.32 Å². The van der Waals surface area contributed by atoms with Crippen LogP contribution < -0.4 is 10.0 Å². The summed E-state index contributed by atoms with van der Waals surface area (Å²) in [5.74, 6) is -0.437. The van der Waals surface area contributed by atoms with Gasteiger partial charge in [-0.2, -0.15) is 9.52 Å². The minimum absolute atomic E-state index is 0.0206. The Morgan fingerprint density at radius 1 is 1.02 bits per heavy atom. The summed E-state index contributed by atoms with van der Waals surface area (Å²) in [6, 6.07) is 13.6. The second-order valence-corrected chi connectivity index (χ2v) is 12.9. The minimum Gasteiger partial charge on any atom is -0.347 e. The van der Waals surface area contributed by atoms with Crippen molar-refractivity contribution in [2.24, 2.45) is 0 Å². The molecule has 0 bridgehead atoms. The molecule has 2 aromatic carbocycles. The van der Waals surface area contributed by atoms with Crippen LogP contribution in [0.3, 0.4) is 0 Å². The summed E-state index contributed by atoms with van der Waals surface area (Å²) in [5.41, 5.74) is 1.07. The fraction of sp³-hybridized carbons (Fsp3) is 0.240. The molecule has 1 amide bonds. The van der Waals surface area contributed by atoms with Gasteiger partial charge in [-0.3, -0.25) is 9.59 Å². The van der Waals surface area contributed by atoms with Crippen molar-refractivity contribution in [1.82, 2.24) is 30.2 Å². The normalized spacial score (nSPS) is 12.3. The number of carbonyl (C=O) groups excluding carboxylic acids is 2. The first kappa shape index (κ1) is 30.1. The third-order valence-electron chi connectivity index (χ3n) is 5.71. The topological polar surface area (TPSA) is 136 Å². The maximum Gasteiger partial charge on any atom is 0.251 e. The number of Topliss-reactive ketones (excluding diaryl/α,β-unsaturated/α-hetero) is 1. The van der Waals surface area contributed by atoms with Crippen molar-refractivity contribution >= 4 is 67.9 Å². The number of hydrogen-bond acceptors (Lipinski definition) is 8.